The van der Waals surface area contributed by atoms with Crippen LogP contribution in [0.25, 0.3) is 0 Å². The summed E-state index contributed by atoms with van der Waals surface area (Å²) in [5.41, 5.74) is 2.06. The Bertz CT molecular complexity index is 937. The average Bonchev–Trinajstić information content (AvgIpc) is 3.18. The number of sulfone groups is 1. The lowest BCUT2D eigenvalue weighted by atomic mass is 10.1. The largest absolute Gasteiger partial charge is 0.483 e. The van der Waals surface area contributed by atoms with Crippen molar-refractivity contribution in [2.75, 3.05) is 18.1 Å². The van der Waals surface area contributed by atoms with Crippen molar-refractivity contribution in [1.29, 1.82) is 0 Å². The summed E-state index contributed by atoms with van der Waals surface area (Å²) in [5.74, 6) is 1.06. The number of aryl methyl sites for hydroxylation is 1. The van der Waals surface area contributed by atoms with Crippen LogP contribution in [0.15, 0.2) is 39.4 Å². The molecule has 0 unspecified atom stereocenters. The van der Waals surface area contributed by atoms with E-state index in [1.807, 2.05) is 32.0 Å². The van der Waals surface area contributed by atoms with E-state index in [2.05, 4.69) is 15.9 Å². The Morgan fingerprint density at radius 2 is 2.07 bits per heavy atom. The van der Waals surface area contributed by atoms with Crippen LogP contribution in [0, 0.1) is 13.8 Å². The van der Waals surface area contributed by atoms with Gasteiger partial charge in [-0.2, -0.15) is 0 Å². The first-order chi connectivity index (χ1) is 12.7. The molecule has 27 heavy (non-hydrogen) atoms. The van der Waals surface area contributed by atoms with Crippen molar-refractivity contribution >= 4 is 31.7 Å². The molecular weight excluding hydrogens is 434 g/mol. The highest BCUT2D eigenvalue weighted by molar-refractivity contribution is 9.10. The van der Waals surface area contributed by atoms with Gasteiger partial charge in [0.25, 0.3) is 5.91 Å². The maximum atomic E-state index is 12.9. The van der Waals surface area contributed by atoms with E-state index in [0.29, 0.717) is 22.6 Å². The molecule has 1 aliphatic heterocycles. The van der Waals surface area contributed by atoms with Gasteiger partial charge >= 0.3 is 0 Å². The van der Waals surface area contributed by atoms with Gasteiger partial charge in [0.05, 0.1) is 18.1 Å². The van der Waals surface area contributed by atoms with Crippen LogP contribution in [-0.2, 0) is 21.2 Å². The molecule has 1 atom stereocenters. The number of hydrogen-bond donors (Lipinski definition) is 0. The smallest absolute Gasteiger partial charge is 0.261 e. The third kappa shape index (κ3) is 4.93. The zero-order valence-electron chi connectivity index (χ0n) is 15.3. The standard InChI is InChI=1S/C19H22BrNO5S/c1-13-4-3-5-17(14(13)2)25-11-19(22)21(10-16-6-7-18(20)26-16)15-8-9-27(23,24)12-15/h3-7,15H,8-12H2,1-2H3/t15-/m0/s1. The Balaban J connectivity index is 1.74. The summed E-state index contributed by atoms with van der Waals surface area (Å²) in [4.78, 5) is 14.4. The van der Waals surface area contributed by atoms with Crippen molar-refractivity contribution in [1.82, 2.24) is 4.90 Å². The number of carbonyl (C=O) groups excluding carboxylic acids is 1. The number of carbonyl (C=O) groups is 1. The number of nitrogens with zero attached hydrogens (tertiary/aromatic N) is 1. The zero-order valence-corrected chi connectivity index (χ0v) is 17.7. The highest BCUT2D eigenvalue weighted by atomic mass is 79.9. The molecule has 0 aliphatic carbocycles. The minimum Gasteiger partial charge on any atom is -0.483 e. The molecule has 0 spiro atoms. The first-order valence-electron chi connectivity index (χ1n) is 8.68. The van der Waals surface area contributed by atoms with E-state index >= 15 is 0 Å². The highest BCUT2D eigenvalue weighted by Gasteiger charge is 2.35. The molecule has 1 fully saturated rings. The zero-order chi connectivity index (χ0) is 19.6. The first kappa shape index (κ1) is 19.9. The molecule has 1 aromatic heterocycles. The van der Waals surface area contributed by atoms with Crippen LogP contribution in [0.3, 0.4) is 0 Å². The van der Waals surface area contributed by atoms with Gasteiger partial charge in [-0.1, -0.05) is 12.1 Å². The van der Waals surface area contributed by atoms with Gasteiger partial charge in [-0.25, -0.2) is 8.42 Å². The minimum absolute atomic E-state index is 0.0237. The van der Waals surface area contributed by atoms with E-state index < -0.39 is 9.84 Å². The monoisotopic (exact) mass is 455 g/mol. The second-order valence-electron chi connectivity index (χ2n) is 6.77. The van der Waals surface area contributed by atoms with E-state index in [0.717, 1.165) is 11.1 Å². The van der Waals surface area contributed by atoms with Crippen LogP contribution in [0.5, 0.6) is 5.75 Å². The second kappa shape index (κ2) is 8.06. The first-order valence-corrected chi connectivity index (χ1v) is 11.3. The normalized spacial score (nSPS) is 18.4. The molecule has 6 nitrogen and oxygen atoms in total. The maximum absolute atomic E-state index is 12.9. The molecule has 3 rings (SSSR count). The predicted octanol–water partition coefficient (Wildman–Crippen LogP) is 3.25. The highest BCUT2D eigenvalue weighted by Crippen LogP contribution is 2.24. The molecule has 1 amide bonds. The summed E-state index contributed by atoms with van der Waals surface area (Å²) < 4.78 is 35.6. The van der Waals surface area contributed by atoms with E-state index in [1.165, 1.54) is 0 Å². The maximum Gasteiger partial charge on any atom is 0.261 e. The van der Waals surface area contributed by atoms with Gasteiger partial charge in [0.2, 0.25) is 0 Å². The fraction of sp³-hybridized carbons (Fsp3) is 0.421. The van der Waals surface area contributed by atoms with Gasteiger partial charge < -0.3 is 14.1 Å². The van der Waals surface area contributed by atoms with Crippen LogP contribution in [0.4, 0.5) is 0 Å². The Morgan fingerprint density at radius 3 is 2.70 bits per heavy atom. The molecule has 8 heteroatoms. The molecule has 0 saturated carbocycles. The molecule has 0 N–H and O–H groups in total. The van der Waals surface area contributed by atoms with Crippen molar-refractivity contribution in [3.63, 3.8) is 0 Å². The number of rotatable bonds is 6. The van der Waals surface area contributed by atoms with E-state index in [1.54, 1.807) is 17.0 Å². The molecular formula is C19H22BrNO5S. The molecule has 2 aromatic rings. The van der Waals surface area contributed by atoms with Gasteiger partial charge in [-0.05, 0) is 65.5 Å². The Labute approximate surface area is 167 Å². The van der Waals surface area contributed by atoms with Crippen molar-refractivity contribution in [3.8, 4) is 5.75 Å². The number of halogens is 1. The van der Waals surface area contributed by atoms with Crippen molar-refractivity contribution in [2.45, 2.75) is 32.9 Å². The summed E-state index contributed by atoms with van der Waals surface area (Å²) in [7, 11) is -3.12. The van der Waals surface area contributed by atoms with Gasteiger partial charge in [0.15, 0.2) is 21.1 Å². The van der Waals surface area contributed by atoms with E-state index in [9.17, 15) is 13.2 Å². The minimum atomic E-state index is -3.12. The number of hydrogen-bond acceptors (Lipinski definition) is 5. The third-order valence-electron chi connectivity index (χ3n) is 4.83. The molecule has 1 aromatic carbocycles. The fourth-order valence-corrected chi connectivity index (χ4v) is 5.22. The van der Waals surface area contributed by atoms with E-state index in [-0.39, 0.29) is 36.6 Å². The number of amides is 1. The summed E-state index contributed by atoms with van der Waals surface area (Å²) in [6.07, 6.45) is 0.430. The van der Waals surface area contributed by atoms with Crippen LogP contribution >= 0.6 is 15.9 Å². The lowest BCUT2D eigenvalue weighted by molar-refractivity contribution is -0.136. The van der Waals surface area contributed by atoms with Crippen molar-refractivity contribution in [2.24, 2.45) is 0 Å². The number of benzene rings is 1. The quantitative estimate of drug-likeness (QED) is 0.667. The Hall–Kier alpha value is -1.80. The van der Waals surface area contributed by atoms with Gasteiger partial charge in [0.1, 0.15) is 11.5 Å². The lowest BCUT2D eigenvalue weighted by Gasteiger charge is -2.27. The van der Waals surface area contributed by atoms with Crippen LogP contribution in [0.2, 0.25) is 0 Å². The average molecular weight is 456 g/mol. The Kier molecular flexibility index (Phi) is 5.95. The predicted molar refractivity (Wildman–Crippen MR) is 105 cm³/mol. The van der Waals surface area contributed by atoms with Crippen LogP contribution < -0.4 is 4.74 Å². The molecule has 1 aliphatic rings. The number of ether oxygens (including phenoxy) is 1. The molecule has 2 heterocycles. The van der Waals surface area contributed by atoms with Gasteiger partial charge in [-0.15, -0.1) is 0 Å². The van der Waals surface area contributed by atoms with Crippen LogP contribution in [0.1, 0.15) is 23.3 Å². The fourth-order valence-electron chi connectivity index (χ4n) is 3.15. The topological polar surface area (TPSA) is 76.8 Å². The lowest BCUT2D eigenvalue weighted by Crippen LogP contribution is -2.43. The summed E-state index contributed by atoms with van der Waals surface area (Å²) in [6, 6.07) is 8.82. The molecule has 0 radical (unpaired) electrons. The van der Waals surface area contributed by atoms with Crippen LogP contribution in [-0.4, -0.2) is 43.4 Å². The second-order valence-corrected chi connectivity index (χ2v) is 9.78. The Morgan fingerprint density at radius 1 is 1.30 bits per heavy atom. The summed E-state index contributed by atoms with van der Waals surface area (Å²) in [5, 5.41) is 0. The van der Waals surface area contributed by atoms with E-state index in [4.69, 9.17) is 9.15 Å². The summed E-state index contributed by atoms with van der Waals surface area (Å²) >= 11 is 3.25. The SMILES string of the molecule is Cc1cccc(OCC(=O)N(Cc2ccc(Br)o2)[C@H]2CCS(=O)(=O)C2)c1C. The van der Waals surface area contributed by atoms with Crippen molar-refractivity contribution < 1.29 is 22.4 Å². The van der Waals surface area contributed by atoms with Crippen molar-refractivity contribution in [3.05, 3.63) is 51.9 Å². The summed E-state index contributed by atoms with van der Waals surface area (Å²) in [6.45, 7) is 3.98. The van der Waals surface area contributed by atoms with Gasteiger partial charge in [0, 0.05) is 6.04 Å². The molecule has 146 valence electrons. The molecule has 0 bridgehead atoms. The van der Waals surface area contributed by atoms with Gasteiger partial charge in [-0.3, -0.25) is 4.79 Å². The molecule has 1 saturated heterocycles. The number of furan rings is 1. The third-order valence-corrected chi connectivity index (χ3v) is 7.01.